The van der Waals surface area contributed by atoms with Gasteiger partial charge in [0, 0.05) is 35.5 Å². The quantitative estimate of drug-likeness (QED) is 0.705. The van der Waals surface area contributed by atoms with Crippen LogP contribution >= 0.6 is 0 Å². The lowest BCUT2D eigenvalue weighted by Crippen LogP contribution is -2.35. The number of aryl methyl sites for hydroxylation is 1. The van der Waals surface area contributed by atoms with E-state index in [1.54, 1.807) is 14.2 Å². The van der Waals surface area contributed by atoms with Gasteiger partial charge < -0.3 is 19.8 Å². The molecular weight excluding hydrogens is 340 g/mol. The Hall–Kier alpha value is -2.95. The van der Waals surface area contributed by atoms with Crippen molar-refractivity contribution in [3.8, 4) is 11.5 Å². The first kappa shape index (κ1) is 17.5. The summed E-state index contributed by atoms with van der Waals surface area (Å²) in [5.74, 6) is 1.48. The second-order valence-corrected chi connectivity index (χ2v) is 6.99. The lowest BCUT2D eigenvalue weighted by Gasteiger charge is -2.13. The summed E-state index contributed by atoms with van der Waals surface area (Å²) in [6, 6.07) is 14.3. The fourth-order valence-electron chi connectivity index (χ4n) is 3.92. The van der Waals surface area contributed by atoms with Crippen molar-refractivity contribution in [2.24, 2.45) is 0 Å². The van der Waals surface area contributed by atoms with Crippen molar-refractivity contribution >= 4 is 16.8 Å². The molecule has 5 heteroatoms. The molecule has 3 aromatic rings. The Labute approximate surface area is 158 Å². The van der Waals surface area contributed by atoms with Crippen LogP contribution in [0.5, 0.6) is 11.5 Å². The highest BCUT2D eigenvalue weighted by molar-refractivity contribution is 5.85. The molecule has 0 aliphatic heterocycles. The van der Waals surface area contributed by atoms with Crippen LogP contribution in [0, 0.1) is 0 Å². The predicted molar refractivity (Wildman–Crippen MR) is 106 cm³/mol. The van der Waals surface area contributed by atoms with E-state index in [1.165, 1.54) is 22.2 Å². The molecule has 140 valence electrons. The number of benzene rings is 2. The van der Waals surface area contributed by atoms with Crippen LogP contribution in [0.1, 0.15) is 23.2 Å². The summed E-state index contributed by atoms with van der Waals surface area (Å²) in [5.41, 5.74) is 4.84. The van der Waals surface area contributed by atoms with Crippen LogP contribution in [-0.4, -0.2) is 31.2 Å². The lowest BCUT2D eigenvalue weighted by atomic mass is 10.1. The monoisotopic (exact) mass is 364 g/mol. The van der Waals surface area contributed by atoms with E-state index in [2.05, 4.69) is 28.5 Å². The van der Waals surface area contributed by atoms with Gasteiger partial charge in [0.05, 0.1) is 14.2 Å². The number of H-pyrrole nitrogens is 1. The largest absolute Gasteiger partial charge is 0.493 e. The van der Waals surface area contributed by atoms with E-state index in [1.807, 2.05) is 24.3 Å². The van der Waals surface area contributed by atoms with Crippen molar-refractivity contribution in [1.29, 1.82) is 0 Å². The summed E-state index contributed by atoms with van der Waals surface area (Å²) < 4.78 is 10.6. The molecule has 0 bridgehead atoms. The second kappa shape index (κ2) is 7.35. The van der Waals surface area contributed by atoms with Crippen LogP contribution in [0.25, 0.3) is 10.9 Å². The highest BCUT2D eigenvalue weighted by Crippen LogP contribution is 2.30. The lowest BCUT2D eigenvalue weighted by molar-refractivity contribution is -0.121. The van der Waals surface area contributed by atoms with Gasteiger partial charge in [-0.25, -0.2) is 0 Å². The average molecular weight is 364 g/mol. The average Bonchev–Trinajstić information content (AvgIpc) is 3.23. The summed E-state index contributed by atoms with van der Waals surface area (Å²) in [6.07, 6.45) is 2.89. The Morgan fingerprint density at radius 2 is 1.93 bits per heavy atom. The topological polar surface area (TPSA) is 63.3 Å². The van der Waals surface area contributed by atoms with Crippen LogP contribution in [-0.2, 0) is 24.1 Å². The first-order valence-corrected chi connectivity index (χ1v) is 9.26. The normalized spacial score (nSPS) is 15.6. The molecule has 1 unspecified atom stereocenters. The first-order valence-electron chi connectivity index (χ1n) is 9.26. The Morgan fingerprint density at radius 3 is 2.74 bits per heavy atom. The molecular formula is C22H24N2O3. The number of hydrogen-bond donors (Lipinski definition) is 2. The molecule has 1 atom stereocenters. The van der Waals surface area contributed by atoms with Gasteiger partial charge in [-0.1, -0.05) is 24.3 Å². The molecule has 5 nitrogen and oxygen atoms in total. The number of ether oxygens (including phenoxy) is 2. The number of methoxy groups -OCH3 is 2. The maximum absolute atomic E-state index is 12.4. The molecule has 0 saturated carbocycles. The van der Waals surface area contributed by atoms with Crippen molar-refractivity contribution < 1.29 is 14.3 Å². The van der Waals surface area contributed by atoms with E-state index in [-0.39, 0.29) is 11.9 Å². The highest BCUT2D eigenvalue weighted by atomic mass is 16.5. The molecule has 2 aromatic carbocycles. The van der Waals surface area contributed by atoms with E-state index in [0.717, 1.165) is 18.4 Å². The molecule has 2 N–H and O–H groups in total. The minimum atomic E-state index is 0.0873. The summed E-state index contributed by atoms with van der Waals surface area (Å²) >= 11 is 0. The number of rotatable bonds is 6. The number of carbonyl (C=O) groups excluding carboxylic acids is 1. The van der Waals surface area contributed by atoms with Gasteiger partial charge in [-0.3, -0.25) is 4.79 Å². The van der Waals surface area contributed by atoms with Gasteiger partial charge in [0.15, 0.2) is 11.5 Å². The number of hydrogen-bond acceptors (Lipinski definition) is 3. The molecule has 0 radical (unpaired) electrons. The molecule has 1 heterocycles. The molecule has 1 aliphatic carbocycles. The Kier molecular flexibility index (Phi) is 4.75. The molecule has 1 amide bonds. The Morgan fingerprint density at radius 1 is 1.11 bits per heavy atom. The van der Waals surface area contributed by atoms with E-state index in [4.69, 9.17) is 9.47 Å². The number of aromatic nitrogens is 1. The Balaban J connectivity index is 1.34. The van der Waals surface area contributed by atoms with Crippen LogP contribution < -0.4 is 14.8 Å². The maximum atomic E-state index is 12.4. The molecule has 0 spiro atoms. The molecule has 0 fully saturated rings. The minimum absolute atomic E-state index is 0.0873. The zero-order valence-electron chi connectivity index (χ0n) is 15.7. The van der Waals surface area contributed by atoms with Crippen molar-refractivity contribution in [3.05, 3.63) is 59.3 Å². The van der Waals surface area contributed by atoms with Crippen LogP contribution in [0.15, 0.2) is 42.5 Å². The number of fused-ring (bicyclic) bond motifs is 3. The molecule has 4 rings (SSSR count). The summed E-state index contributed by atoms with van der Waals surface area (Å²) in [4.78, 5) is 15.9. The fourth-order valence-corrected chi connectivity index (χ4v) is 3.92. The van der Waals surface area contributed by atoms with Crippen molar-refractivity contribution in [1.82, 2.24) is 10.3 Å². The summed E-state index contributed by atoms with van der Waals surface area (Å²) in [7, 11) is 3.23. The third-order valence-corrected chi connectivity index (χ3v) is 5.26. The SMILES string of the molecule is COc1ccc(CCC(=O)NC2Cc3[nH]c4ccccc4c3C2)cc1OC. The predicted octanol–water partition coefficient (Wildman–Crippen LogP) is 3.40. The smallest absolute Gasteiger partial charge is 0.220 e. The van der Waals surface area contributed by atoms with Gasteiger partial charge in [0.2, 0.25) is 5.91 Å². The number of aromatic amines is 1. The van der Waals surface area contributed by atoms with E-state index in [9.17, 15) is 4.79 Å². The zero-order valence-corrected chi connectivity index (χ0v) is 15.7. The van der Waals surface area contributed by atoms with Gasteiger partial charge in [0.1, 0.15) is 0 Å². The van der Waals surface area contributed by atoms with Crippen molar-refractivity contribution in [3.63, 3.8) is 0 Å². The van der Waals surface area contributed by atoms with Gasteiger partial charge >= 0.3 is 0 Å². The van der Waals surface area contributed by atoms with Crippen LogP contribution in [0.2, 0.25) is 0 Å². The van der Waals surface area contributed by atoms with Crippen LogP contribution in [0.4, 0.5) is 0 Å². The van der Waals surface area contributed by atoms with Crippen molar-refractivity contribution in [2.75, 3.05) is 14.2 Å². The van der Waals surface area contributed by atoms with Gasteiger partial charge in [-0.2, -0.15) is 0 Å². The third kappa shape index (κ3) is 3.50. The number of nitrogens with one attached hydrogen (secondary N) is 2. The second-order valence-electron chi connectivity index (χ2n) is 6.99. The van der Waals surface area contributed by atoms with Crippen LogP contribution in [0.3, 0.4) is 0 Å². The minimum Gasteiger partial charge on any atom is -0.493 e. The molecule has 27 heavy (non-hydrogen) atoms. The fraction of sp³-hybridized carbons (Fsp3) is 0.318. The van der Waals surface area contributed by atoms with Crippen molar-refractivity contribution in [2.45, 2.75) is 31.7 Å². The number of carbonyl (C=O) groups is 1. The number of amides is 1. The number of para-hydroxylation sites is 1. The summed E-state index contributed by atoms with van der Waals surface area (Å²) in [6.45, 7) is 0. The molecule has 1 aromatic heterocycles. The standard InChI is InChI=1S/C22H24N2O3/c1-26-20-9-7-14(11-21(20)27-2)8-10-22(25)23-15-12-17-16-5-3-4-6-18(16)24-19(17)13-15/h3-7,9,11,15,24H,8,10,12-13H2,1-2H3,(H,23,25). The summed E-state index contributed by atoms with van der Waals surface area (Å²) in [5, 5.41) is 4.46. The highest BCUT2D eigenvalue weighted by Gasteiger charge is 2.26. The van der Waals surface area contributed by atoms with E-state index < -0.39 is 0 Å². The van der Waals surface area contributed by atoms with E-state index >= 15 is 0 Å². The Bertz CT molecular complexity index is 977. The third-order valence-electron chi connectivity index (χ3n) is 5.26. The maximum Gasteiger partial charge on any atom is 0.220 e. The van der Waals surface area contributed by atoms with Gasteiger partial charge in [-0.05, 0) is 42.2 Å². The molecule has 0 saturated heterocycles. The zero-order chi connectivity index (χ0) is 18.8. The molecule has 1 aliphatic rings. The first-order chi connectivity index (χ1) is 13.2. The van der Waals surface area contributed by atoms with E-state index in [0.29, 0.717) is 24.3 Å². The van der Waals surface area contributed by atoms with Gasteiger partial charge in [-0.15, -0.1) is 0 Å². The van der Waals surface area contributed by atoms with Gasteiger partial charge in [0.25, 0.3) is 0 Å².